The molecule has 1 aliphatic carbocycles. The van der Waals surface area contributed by atoms with Gasteiger partial charge < -0.3 is 10.6 Å². The van der Waals surface area contributed by atoms with Crippen LogP contribution in [-0.4, -0.2) is 35.4 Å². The Balaban J connectivity index is 2.16. The van der Waals surface area contributed by atoms with Crippen molar-refractivity contribution in [3.05, 3.63) is 29.0 Å². The predicted octanol–water partition coefficient (Wildman–Crippen LogP) is 1.93. The van der Waals surface area contributed by atoms with Gasteiger partial charge in [0, 0.05) is 25.5 Å². The van der Waals surface area contributed by atoms with Crippen molar-refractivity contribution in [2.24, 2.45) is 11.7 Å². The zero-order valence-corrected chi connectivity index (χ0v) is 11.2. The van der Waals surface area contributed by atoms with E-state index in [1.165, 1.54) is 6.20 Å². The summed E-state index contributed by atoms with van der Waals surface area (Å²) in [6, 6.07) is 1.89. The molecular formula is C13H18ClN3O. The molecule has 2 N–H and O–H groups in total. The Morgan fingerprint density at radius 2 is 2.39 bits per heavy atom. The zero-order chi connectivity index (χ0) is 13.1. The number of hydrogen-bond donors (Lipinski definition) is 1. The Kier molecular flexibility index (Phi) is 4.19. The Labute approximate surface area is 112 Å². The summed E-state index contributed by atoms with van der Waals surface area (Å²) in [5.41, 5.74) is 6.27. The number of nitrogens with zero attached hydrogens (tertiary/aromatic N) is 2. The number of aromatic nitrogens is 1. The van der Waals surface area contributed by atoms with E-state index in [1.807, 2.05) is 7.05 Å². The third kappa shape index (κ3) is 2.49. The summed E-state index contributed by atoms with van der Waals surface area (Å²) in [5, 5.41) is 0.400. The van der Waals surface area contributed by atoms with Crippen LogP contribution in [0.4, 0.5) is 0 Å². The van der Waals surface area contributed by atoms with Crippen molar-refractivity contribution in [1.29, 1.82) is 0 Å². The van der Waals surface area contributed by atoms with E-state index in [2.05, 4.69) is 4.98 Å². The maximum atomic E-state index is 12.4. The van der Waals surface area contributed by atoms with Gasteiger partial charge >= 0.3 is 0 Å². The normalized spacial score (nSPS) is 23.1. The molecule has 0 aliphatic heterocycles. The molecule has 4 nitrogen and oxygen atoms in total. The Morgan fingerprint density at radius 1 is 1.61 bits per heavy atom. The van der Waals surface area contributed by atoms with Crippen molar-refractivity contribution in [2.75, 3.05) is 13.6 Å². The number of hydrogen-bond acceptors (Lipinski definition) is 3. The van der Waals surface area contributed by atoms with E-state index in [9.17, 15) is 4.79 Å². The molecule has 98 valence electrons. The molecule has 0 spiro atoms. The standard InChI is InChI=1S/C13H18ClN3O/c1-17(12-4-2-3-9(12)7-15)13(18)10-5-6-16-8-11(10)14/h5-6,8-9,12H,2-4,7,15H2,1H3. The lowest BCUT2D eigenvalue weighted by molar-refractivity contribution is 0.0700. The van der Waals surface area contributed by atoms with Crippen LogP contribution in [0.25, 0.3) is 0 Å². The number of pyridine rings is 1. The smallest absolute Gasteiger partial charge is 0.255 e. The molecule has 18 heavy (non-hydrogen) atoms. The summed E-state index contributed by atoms with van der Waals surface area (Å²) in [5.74, 6) is 0.354. The van der Waals surface area contributed by atoms with Gasteiger partial charge in [0.1, 0.15) is 0 Å². The predicted molar refractivity (Wildman–Crippen MR) is 71.5 cm³/mol. The van der Waals surface area contributed by atoms with E-state index in [0.29, 0.717) is 23.0 Å². The van der Waals surface area contributed by atoms with Crippen LogP contribution in [-0.2, 0) is 0 Å². The molecule has 1 aromatic heterocycles. The van der Waals surface area contributed by atoms with E-state index < -0.39 is 0 Å². The van der Waals surface area contributed by atoms with Crippen LogP contribution in [0.15, 0.2) is 18.5 Å². The fourth-order valence-electron chi connectivity index (χ4n) is 2.69. The second-order valence-electron chi connectivity index (χ2n) is 4.77. The molecule has 1 heterocycles. The fraction of sp³-hybridized carbons (Fsp3) is 0.538. The maximum Gasteiger partial charge on any atom is 0.255 e. The largest absolute Gasteiger partial charge is 0.338 e. The first-order chi connectivity index (χ1) is 8.65. The summed E-state index contributed by atoms with van der Waals surface area (Å²) in [6.07, 6.45) is 6.34. The summed E-state index contributed by atoms with van der Waals surface area (Å²) < 4.78 is 0. The Hall–Kier alpha value is -1.13. The molecule has 2 unspecified atom stereocenters. The van der Waals surface area contributed by atoms with E-state index in [-0.39, 0.29) is 11.9 Å². The molecular weight excluding hydrogens is 250 g/mol. The molecule has 1 aliphatic rings. The third-order valence-corrected chi connectivity index (χ3v) is 4.04. The number of carbonyl (C=O) groups excluding carboxylic acids is 1. The molecule has 2 rings (SSSR count). The van der Waals surface area contributed by atoms with Crippen LogP contribution in [0, 0.1) is 5.92 Å². The average Bonchev–Trinajstić information content (AvgIpc) is 2.86. The van der Waals surface area contributed by atoms with E-state index >= 15 is 0 Å². The molecule has 1 amide bonds. The fourth-order valence-corrected chi connectivity index (χ4v) is 2.89. The minimum Gasteiger partial charge on any atom is -0.338 e. The van der Waals surface area contributed by atoms with Crippen molar-refractivity contribution < 1.29 is 4.79 Å². The van der Waals surface area contributed by atoms with Crippen molar-refractivity contribution in [1.82, 2.24) is 9.88 Å². The van der Waals surface area contributed by atoms with Gasteiger partial charge in [-0.25, -0.2) is 0 Å². The van der Waals surface area contributed by atoms with Crippen LogP contribution < -0.4 is 5.73 Å². The summed E-state index contributed by atoms with van der Waals surface area (Å²) >= 11 is 6.01. The van der Waals surface area contributed by atoms with Crippen LogP contribution >= 0.6 is 11.6 Å². The first kappa shape index (κ1) is 13.3. The molecule has 0 bridgehead atoms. The second kappa shape index (κ2) is 5.67. The van der Waals surface area contributed by atoms with Gasteiger partial charge in [0.15, 0.2) is 0 Å². The SMILES string of the molecule is CN(C(=O)c1ccncc1Cl)C1CCCC1CN. The van der Waals surface area contributed by atoms with Crippen molar-refractivity contribution in [3.8, 4) is 0 Å². The summed E-state index contributed by atoms with van der Waals surface area (Å²) in [7, 11) is 1.83. The molecule has 1 fully saturated rings. The lowest BCUT2D eigenvalue weighted by Crippen LogP contribution is -2.41. The minimum absolute atomic E-state index is 0.0484. The van der Waals surface area contributed by atoms with E-state index in [4.69, 9.17) is 17.3 Å². The molecule has 2 atom stereocenters. The van der Waals surface area contributed by atoms with Gasteiger partial charge in [-0.2, -0.15) is 0 Å². The summed E-state index contributed by atoms with van der Waals surface area (Å²) in [6.45, 7) is 0.631. The second-order valence-corrected chi connectivity index (χ2v) is 5.17. The van der Waals surface area contributed by atoms with Gasteiger partial charge in [-0.15, -0.1) is 0 Å². The Morgan fingerprint density at radius 3 is 3.06 bits per heavy atom. The van der Waals surface area contributed by atoms with Crippen molar-refractivity contribution >= 4 is 17.5 Å². The highest BCUT2D eigenvalue weighted by Gasteiger charge is 2.32. The van der Waals surface area contributed by atoms with Gasteiger partial charge in [0.05, 0.1) is 10.6 Å². The molecule has 1 aromatic rings. The van der Waals surface area contributed by atoms with Crippen LogP contribution in [0.1, 0.15) is 29.6 Å². The van der Waals surface area contributed by atoms with Gasteiger partial charge in [0.2, 0.25) is 0 Å². The quantitative estimate of drug-likeness (QED) is 0.910. The number of amides is 1. The first-order valence-electron chi connectivity index (χ1n) is 6.22. The lowest BCUT2D eigenvalue weighted by atomic mass is 10.0. The third-order valence-electron chi connectivity index (χ3n) is 3.74. The minimum atomic E-state index is -0.0484. The number of nitrogens with two attached hydrogens (primary N) is 1. The van der Waals surface area contributed by atoms with E-state index in [0.717, 1.165) is 19.3 Å². The van der Waals surface area contributed by atoms with Crippen LogP contribution in [0.5, 0.6) is 0 Å². The first-order valence-corrected chi connectivity index (χ1v) is 6.59. The van der Waals surface area contributed by atoms with Crippen molar-refractivity contribution in [2.45, 2.75) is 25.3 Å². The molecule has 0 saturated heterocycles. The number of carbonyl (C=O) groups is 1. The monoisotopic (exact) mass is 267 g/mol. The number of rotatable bonds is 3. The molecule has 1 saturated carbocycles. The summed E-state index contributed by atoms with van der Waals surface area (Å²) in [4.78, 5) is 18.1. The van der Waals surface area contributed by atoms with Crippen molar-refractivity contribution in [3.63, 3.8) is 0 Å². The van der Waals surface area contributed by atoms with Crippen LogP contribution in [0.2, 0.25) is 5.02 Å². The number of halogens is 1. The lowest BCUT2D eigenvalue weighted by Gasteiger charge is -2.29. The maximum absolute atomic E-state index is 12.4. The molecule has 0 radical (unpaired) electrons. The highest BCUT2D eigenvalue weighted by Crippen LogP contribution is 2.30. The Bertz CT molecular complexity index is 438. The van der Waals surface area contributed by atoms with E-state index in [1.54, 1.807) is 17.2 Å². The molecule has 5 heteroatoms. The molecule has 0 aromatic carbocycles. The van der Waals surface area contributed by atoms with Gasteiger partial charge in [-0.1, -0.05) is 18.0 Å². The van der Waals surface area contributed by atoms with Gasteiger partial charge in [-0.3, -0.25) is 9.78 Å². The van der Waals surface area contributed by atoms with Gasteiger partial charge in [-0.05, 0) is 31.4 Å². The van der Waals surface area contributed by atoms with Gasteiger partial charge in [0.25, 0.3) is 5.91 Å². The zero-order valence-electron chi connectivity index (χ0n) is 10.5. The topological polar surface area (TPSA) is 59.2 Å². The average molecular weight is 268 g/mol. The highest BCUT2D eigenvalue weighted by molar-refractivity contribution is 6.33. The van der Waals surface area contributed by atoms with Crippen LogP contribution in [0.3, 0.4) is 0 Å². The highest BCUT2D eigenvalue weighted by atomic mass is 35.5.